The Morgan fingerprint density at radius 3 is 2.71 bits per heavy atom. The molecule has 0 spiro atoms. The summed E-state index contributed by atoms with van der Waals surface area (Å²) < 4.78 is 5.16. The number of para-hydroxylation sites is 2. The van der Waals surface area contributed by atoms with Crippen LogP contribution in [0.2, 0.25) is 0 Å². The van der Waals surface area contributed by atoms with Crippen LogP contribution in [-0.4, -0.2) is 29.1 Å². The minimum Gasteiger partial charge on any atom is -0.495 e. The molecule has 1 aromatic heterocycles. The number of anilines is 1. The van der Waals surface area contributed by atoms with E-state index in [1.54, 1.807) is 31.2 Å². The van der Waals surface area contributed by atoms with Crippen molar-refractivity contribution in [3.63, 3.8) is 0 Å². The summed E-state index contributed by atoms with van der Waals surface area (Å²) in [5, 5.41) is 13.5. The van der Waals surface area contributed by atoms with E-state index in [9.17, 15) is 9.59 Å². The first kappa shape index (κ1) is 15.0. The van der Waals surface area contributed by atoms with Gasteiger partial charge in [-0.2, -0.15) is 0 Å². The van der Waals surface area contributed by atoms with Gasteiger partial charge in [0.05, 0.1) is 18.7 Å². The van der Waals surface area contributed by atoms with Gasteiger partial charge in [0, 0.05) is 5.38 Å². The summed E-state index contributed by atoms with van der Waals surface area (Å²) in [6, 6.07) is 7.06. The average molecular weight is 306 g/mol. The number of carbonyl (C=O) groups is 2. The molecule has 1 heterocycles. The van der Waals surface area contributed by atoms with Crippen LogP contribution in [0.5, 0.6) is 5.75 Å². The maximum Gasteiger partial charge on any atom is 0.355 e. The number of methoxy groups -OCH3 is 1. The molecule has 2 N–H and O–H groups in total. The van der Waals surface area contributed by atoms with E-state index < -0.39 is 11.9 Å². The van der Waals surface area contributed by atoms with Crippen molar-refractivity contribution in [3.05, 3.63) is 40.3 Å². The van der Waals surface area contributed by atoms with Crippen molar-refractivity contribution < 1.29 is 19.4 Å². The highest BCUT2D eigenvalue weighted by atomic mass is 32.1. The highest BCUT2D eigenvalue weighted by molar-refractivity contribution is 7.10. The second kappa shape index (κ2) is 6.36. The van der Waals surface area contributed by atoms with Crippen LogP contribution in [0.3, 0.4) is 0 Å². The quantitative estimate of drug-likeness (QED) is 0.886. The van der Waals surface area contributed by atoms with E-state index in [0.717, 1.165) is 11.3 Å². The fraction of sp³-hybridized carbons (Fsp3) is 0.214. The van der Waals surface area contributed by atoms with Crippen LogP contribution in [0, 0.1) is 0 Å². The summed E-state index contributed by atoms with van der Waals surface area (Å²) in [6.45, 7) is 1.68. The van der Waals surface area contributed by atoms with E-state index >= 15 is 0 Å². The van der Waals surface area contributed by atoms with Crippen molar-refractivity contribution in [2.45, 2.75) is 12.8 Å². The second-order valence-electron chi connectivity index (χ2n) is 4.29. The molecule has 1 aromatic carbocycles. The first-order valence-electron chi connectivity index (χ1n) is 6.15. The summed E-state index contributed by atoms with van der Waals surface area (Å²) >= 11 is 1.15. The fourth-order valence-corrected chi connectivity index (χ4v) is 2.53. The number of nitrogens with one attached hydrogen (secondary N) is 1. The van der Waals surface area contributed by atoms with Gasteiger partial charge in [-0.1, -0.05) is 12.1 Å². The highest BCUT2D eigenvalue weighted by Gasteiger charge is 2.21. The van der Waals surface area contributed by atoms with Gasteiger partial charge in [0.15, 0.2) is 5.69 Å². The first-order chi connectivity index (χ1) is 10.0. The number of thiazole rings is 1. The Morgan fingerprint density at radius 2 is 2.10 bits per heavy atom. The number of hydrogen-bond donors (Lipinski definition) is 2. The van der Waals surface area contributed by atoms with Crippen LogP contribution in [0.1, 0.15) is 28.3 Å². The molecule has 0 saturated carbocycles. The summed E-state index contributed by atoms with van der Waals surface area (Å²) in [5.41, 5.74) is 0.513. The number of carbonyl (C=O) groups excluding carboxylic acids is 1. The maximum absolute atomic E-state index is 12.2. The molecule has 0 radical (unpaired) electrons. The lowest BCUT2D eigenvalue weighted by Crippen LogP contribution is -2.19. The van der Waals surface area contributed by atoms with Gasteiger partial charge in [-0.15, -0.1) is 11.3 Å². The number of amides is 1. The van der Waals surface area contributed by atoms with Gasteiger partial charge in [0.25, 0.3) is 0 Å². The van der Waals surface area contributed by atoms with Gasteiger partial charge in [0.2, 0.25) is 5.91 Å². The largest absolute Gasteiger partial charge is 0.495 e. The standard InChI is InChI=1S/C14H14N2O4S/c1-8(13-16-10(7-21-13)14(18)19)12(17)15-9-5-3-4-6-11(9)20-2/h3-8H,1-2H3,(H,15,17)(H,18,19)/t8-/m0/s1. The minimum atomic E-state index is -1.10. The lowest BCUT2D eigenvalue weighted by Gasteiger charge is -2.12. The number of hydrogen-bond acceptors (Lipinski definition) is 5. The van der Waals surface area contributed by atoms with Gasteiger partial charge in [-0.05, 0) is 19.1 Å². The smallest absolute Gasteiger partial charge is 0.355 e. The average Bonchev–Trinajstić information content (AvgIpc) is 2.97. The predicted octanol–water partition coefficient (Wildman–Crippen LogP) is 2.59. The van der Waals surface area contributed by atoms with Gasteiger partial charge in [-0.25, -0.2) is 9.78 Å². The first-order valence-corrected chi connectivity index (χ1v) is 7.03. The Labute approximate surface area is 125 Å². The molecule has 0 saturated heterocycles. The molecule has 0 aliphatic heterocycles. The zero-order chi connectivity index (χ0) is 15.4. The zero-order valence-corrected chi connectivity index (χ0v) is 12.3. The number of carboxylic acids is 1. The van der Waals surface area contributed by atoms with E-state index in [1.165, 1.54) is 12.5 Å². The minimum absolute atomic E-state index is 0.0491. The Morgan fingerprint density at radius 1 is 1.38 bits per heavy atom. The second-order valence-corrected chi connectivity index (χ2v) is 5.18. The zero-order valence-electron chi connectivity index (χ0n) is 11.5. The van der Waals surface area contributed by atoms with Crippen LogP contribution in [-0.2, 0) is 4.79 Å². The Hall–Kier alpha value is -2.41. The lowest BCUT2D eigenvalue weighted by atomic mass is 10.1. The molecule has 0 bridgehead atoms. The number of ether oxygens (including phenoxy) is 1. The lowest BCUT2D eigenvalue weighted by molar-refractivity contribution is -0.117. The van der Waals surface area contributed by atoms with Gasteiger partial charge in [-0.3, -0.25) is 4.79 Å². The number of benzene rings is 1. The molecule has 1 amide bonds. The van der Waals surface area contributed by atoms with E-state index in [2.05, 4.69) is 10.3 Å². The van der Waals surface area contributed by atoms with Crippen LogP contribution >= 0.6 is 11.3 Å². The summed E-state index contributed by atoms with van der Waals surface area (Å²) in [6.07, 6.45) is 0. The molecule has 0 unspecified atom stereocenters. The Balaban J connectivity index is 2.13. The Kier molecular flexibility index (Phi) is 4.54. The number of rotatable bonds is 5. The molecule has 2 rings (SSSR count). The fourth-order valence-electron chi connectivity index (χ4n) is 1.69. The third-order valence-corrected chi connectivity index (χ3v) is 3.90. The van der Waals surface area contributed by atoms with Gasteiger partial charge >= 0.3 is 5.97 Å². The van der Waals surface area contributed by atoms with Crippen LogP contribution < -0.4 is 10.1 Å². The third kappa shape index (κ3) is 3.38. The monoisotopic (exact) mass is 306 g/mol. The number of aromatic carboxylic acids is 1. The summed E-state index contributed by atoms with van der Waals surface area (Å²) in [5.74, 6) is -1.36. The van der Waals surface area contributed by atoms with Crippen molar-refractivity contribution in [2.24, 2.45) is 0 Å². The number of carboxylic acid groups (broad SMARTS) is 1. The number of aromatic nitrogens is 1. The topological polar surface area (TPSA) is 88.5 Å². The molecule has 1 atom stereocenters. The van der Waals surface area contributed by atoms with E-state index in [-0.39, 0.29) is 11.6 Å². The number of nitrogens with zero attached hydrogens (tertiary/aromatic N) is 1. The van der Waals surface area contributed by atoms with Crippen LogP contribution in [0.4, 0.5) is 5.69 Å². The van der Waals surface area contributed by atoms with Crippen molar-refractivity contribution in [2.75, 3.05) is 12.4 Å². The Bertz CT molecular complexity index is 668. The highest BCUT2D eigenvalue weighted by Crippen LogP contribution is 2.26. The normalized spacial score (nSPS) is 11.7. The van der Waals surface area contributed by atoms with E-state index in [1.807, 2.05) is 0 Å². The molecule has 6 nitrogen and oxygen atoms in total. The molecular formula is C14H14N2O4S. The third-order valence-electron chi connectivity index (χ3n) is 2.87. The summed E-state index contributed by atoms with van der Waals surface area (Å²) in [4.78, 5) is 27.0. The van der Waals surface area contributed by atoms with Crippen LogP contribution in [0.25, 0.3) is 0 Å². The van der Waals surface area contributed by atoms with Crippen LogP contribution in [0.15, 0.2) is 29.6 Å². The van der Waals surface area contributed by atoms with Crippen molar-refractivity contribution >= 4 is 28.9 Å². The molecule has 21 heavy (non-hydrogen) atoms. The molecule has 7 heteroatoms. The molecule has 0 aliphatic carbocycles. The molecule has 0 fully saturated rings. The molecule has 110 valence electrons. The van der Waals surface area contributed by atoms with Crippen molar-refractivity contribution in [1.29, 1.82) is 0 Å². The molecular weight excluding hydrogens is 292 g/mol. The van der Waals surface area contributed by atoms with Gasteiger partial charge in [0.1, 0.15) is 10.8 Å². The summed E-state index contributed by atoms with van der Waals surface area (Å²) in [7, 11) is 1.52. The maximum atomic E-state index is 12.2. The molecule has 2 aromatic rings. The SMILES string of the molecule is COc1ccccc1NC(=O)[C@H](C)c1nc(C(=O)O)cs1. The van der Waals surface area contributed by atoms with E-state index in [0.29, 0.717) is 16.4 Å². The van der Waals surface area contributed by atoms with Gasteiger partial charge < -0.3 is 15.2 Å². The predicted molar refractivity (Wildman–Crippen MR) is 79.1 cm³/mol. The van der Waals surface area contributed by atoms with Crippen molar-refractivity contribution in [1.82, 2.24) is 4.98 Å². The van der Waals surface area contributed by atoms with E-state index in [4.69, 9.17) is 9.84 Å². The van der Waals surface area contributed by atoms with Crippen molar-refractivity contribution in [3.8, 4) is 5.75 Å². The molecule has 0 aliphatic rings.